The molecule has 0 aliphatic carbocycles. The standard InChI is InChI=1S/C11H12FN3S2/c1-2-13-6-8-9(12)4-3-5-10(8)16-11-14-7-15-17-11/h3-5,7,13H,2,6H2,1H3. The molecule has 0 saturated carbocycles. The summed E-state index contributed by atoms with van der Waals surface area (Å²) in [5, 5.41) is 3.14. The third-order valence-electron chi connectivity index (χ3n) is 2.17. The molecule has 1 heterocycles. The number of aromatic nitrogens is 2. The SMILES string of the molecule is CCNCc1c(F)cccc1Sc1ncns1. The van der Waals surface area contributed by atoms with Gasteiger partial charge < -0.3 is 5.32 Å². The third kappa shape index (κ3) is 3.24. The Morgan fingerprint density at radius 1 is 1.47 bits per heavy atom. The Balaban J connectivity index is 2.23. The number of nitrogens with zero attached hydrogens (tertiary/aromatic N) is 2. The van der Waals surface area contributed by atoms with Gasteiger partial charge in [-0.2, -0.15) is 4.37 Å². The van der Waals surface area contributed by atoms with Crippen LogP contribution in [0.25, 0.3) is 0 Å². The molecule has 0 radical (unpaired) electrons. The first-order chi connectivity index (χ1) is 8.31. The molecule has 0 aliphatic heterocycles. The molecule has 90 valence electrons. The highest BCUT2D eigenvalue weighted by Gasteiger charge is 2.10. The Bertz CT molecular complexity index is 474. The zero-order chi connectivity index (χ0) is 12.1. The number of rotatable bonds is 5. The molecule has 17 heavy (non-hydrogen) atoms. The van der Waals surface area contributed by atoms with Crippen molar-refractivity contribution in [1.82, 2.24) is 14.7 Å². The third-order valence-corrected chi connectivity index (χ3v) is 3.98. The average Bonchev–Trinajstić information content (AvgIpc) is 2.81. The summed E-state index contributed by atoms with van der Waals surface area (Å²) in [4.78, 5) is 4.98. The molecule has 0 fully saturated rings. The van der Waals surface area contributed by atoms with Gasteiger partial charge in [-0.05, 0) is 30.2 Å². The lowest BCUT2D eigenvalue weighted by molar-refractivity contribution is 0.586. The minimum absolute atomic E-state index is 0.180. The maximum Gasteiger partial charge on any atom is 0.174 e. The summed E-state index contributed by atoms with van der Waals surface area (Å²) < 4.78 is 18.5. The largest absolute Gasteiger partial charge is 0.313 e. The van der Waals surface area contributed by atoms with Crippen molar-refractivity contribution in [2.24, 2.45) is 0 Å². The Labute approximate surface area is 108 Å². The molecule has 0 aliphatic rings. The number of hydrogen-bond acceptors (Lipinski definition) is 5. The van der Waals surface area contributed by atoms with E-state index < -0.39 is 0 Å². The molecule has 3 nitrogen and oxygen atoms in total. The topological polar surface area (TPSA) is 37.8 Å². The molecule has 0 atom stereocenters. The van der Waals surface area contributed by atoms with Gasteiger partial charge >= 0.3 is 0 Å². The highest BCUT2D eigenvalue weighted by molar-refractivity contribution is 8.01. The molecule has 2 rings (SSSR count). The van der Waals surface area contributed by atoms with E-state index in [0.29, 0.717) is 12.1 Å². The second kappa shape index (κ2) is 6.09. The maximum atomic E-state index is 13.7. The molecule has 1 N–H and O–H groups in total. The lowest BCUT2D eigenvalue weighted by Gasteiger charge is -2.09. The molecular formula is C11H12FN3S2. The fourth-order valence-electron chi connectivity index (χ4n) is 1.36. The number of nitrogens with one attached hydrogen (secondary N) is 1. The van der Waals surface area contributed by atoms with Crippen molar-refractivity contribution in [2.45, 2.75) is 22.7 Å². The van der Waals surface area contributed by atoms with Gasteiger partial charge in [-0.25, -0.2) is 9.37 Å². The first kappa shape index (κ1) is 12.5. The maximum absolute atomic E-state index is 13.7. The van der Waals surface area contributed by atoms with E-state index in [1.54, 1.807) is 6.07 Å². The summed E-state index contributed by atoms with van der Waals surface area (Å²) in [6, 6.07) is 5.10. The van der Waals surface area contributed by atoms with Crippen LogP contribution in [-0.2, 0) is 6.54 Å². The number of halogens is 1. The smallest absolute Gasteiger partial charge is 0.174 e. The van der Waals surface area contributed by atoms with Crippen molar-refractivity contribution in [3.8, 4) is 0 Å². The quantitative estimate of drug-likeness (QED) is 0.905. The Morgan fingerprint density at radius 3 is 3.06 bits per heavy atom. The number of hydrogen-bond donors (Lipinski definition) is 1. The summed E-state index contributed by atoms with van der Waals surface area (Å²) in [6.45, 7) is 3.35. The second-order valence-electron chi connectivity index (χ2n) is 3.31. The van der Waals surface area contributed by atoms with Gasteiger partial charge in [0.05, 0.1) is 0 Å². The fraction of sp³-hybridized carbons (Fsp3) is 0.273. The molecular weight excluding hydrogens is 257 g/mol. The van der Waals surface area contributed by atoms with E-state index in [4.69, 9.17) is 0 Å². The van der Waals surface area contributed by atoms with Crippen LogP contribution in [0.1, 0.15) is 12.5 Å². The first-order valence-electron chi connectivity index (χ1n) is 5.24. The van der Waals surface area contributed by atoms with Crippen LogP contribution in [0.2, 0.25) is 0 Å². The minimum atomic E-state index is -0.180. The molecule has 6 heteroatoms. The highest BCUT2D eigenvalue weighted by atomic mass is 32.2. The number of benzene rings is 1. The Morgan fingerprint density at radius 2 is 2.35 bits per heavy atom. The van der Waals surface area contributed by atoms with Crippen LogP contribution in [0.15, 0.2) is 33.8 Å². The predicted octanol–water partition coefficient (Wildman–Crippen LogP) is 2.94. The monoisotopic (exact) mass is 269 g/mol. The van der Waals surface area contributed by atoms with Crippen molar-refractivity contribution >= 4 is 23.3 Å². The molecule has 0 unspecified atom stereocenters. The Kier molecular flexibility index (Phi) is 4.47. The van der Waals surface area contributed by atoms with Crippen molar-refractivity contribution in [2.75, 3.05) is 6.54 Å². The van der Waals surface area contributed by atoms with E-state index in [0.717, 1.165) is 15.8 Å². The van der Waals surface area contributed by atoms with E-state index in [9.17, 15) is 4.39 Å². The van der Waals surface area contributed by atoms with Gasteiger partial charge in [0.1, 0.15) is 12.1 Å². The average molecular weight is 269 g/mol. The second-order valence-corrected chi connectivity index (χ2v) is 5.38. The van der Waals surface area contributed by atoms with E-state index in [-0.39, 0.29) is 5.82 Å². The normalized spacial score (nSPS) is 10.7. The molecule has 0 saturated heterocycles. The van der Waals surface area contributed by atoms with Crippen LogP contribution in [0.5, 0.6) is 0 Å². The van der Waals surface area contributed by atoms with Gasteiger partial charge in [-0.3, -0.25) is 0 Å². The minimum Gasteiger partial charge on any atom is -0.313 e. The molecule has 0 spiro atoms. The van der Waals surface area contributed by atoms with Gasteiger partial charge in [0.2, 0.25) is 0 Å². The molecule has 1 aromatic heterocycles. The van der Waals surface area contributed by atoms with Crippen LogP contribution in [0.3, 0.4) is 0 Å². The molecule has 1 aromatic carbocycles. The van der Waals surface area contributed by atoms with Gasteiger partial charge in [-0.15, -0.1) is 0 Å². The van der Waals surface area contributed by atoms with Gasteiger partial charge in [0.15, 0.2) is 4.34 Å². The van der Waals surface area contributed by atoms with E-state index >= 15 is 0 Å². The van der Waals surface area contributed by atoms with E-state index in [1.165, 1.54) is 35.7 Å². The van der Waals surface area contributed by atoms with E-state index in [1.807, 2.05) is 13.0 Å². The zero-order valence-electron chi connectivity index (χ0n) is 9.31. The Hall–Kier alpha value is -0.980. The van der Waals surface area contributed by atoms with Crippen LogP contribution in [-0.4, -0.2) is 15.9 Å². The predicted molar refractivity (Wildman–Crippen MR) is 67.8 cm³/mol. The molecule has 2 aromatic rings. The van der Waals surface area contributed by atoms with Crippen LogP contribution >= 0.6 is 23.3 Å². The lowest BCUT2D eigenvalue weighted by atomic mass is 10.2. The lowest BCUT2D eigenvalue weighted by Crippen LogP contribution is -2.13. The van der Waals surface area contributed by atoms with Crippen LogP contribution in [0, 0.1) is 5.82 Å². The summed E-state index contributed by atoms with van der Waals surface area (Å²) in [6.07, 6.45) is 1.51. The summed E-state index contributed by atoms with van der Waals surface area (Å²) in [5.74, 6) is -0.180. The van der Waals surface area contributed by atoms with Crippen molar-refractivity contribution in [3.63, 3.8) is 0 Å². The summed E-state index contributed by atoms with van der Waals surface area (Å²) >= 11 is 2.77. The van der Waals surface area contributed by atoms with Gasteiger partial charge in [0.25, 0.3) is 0 Å². The molecule has 0 bridgehead atoms. The first-order valence-corrected chi connectivity index (χ1v) is 6.83. The van der Waals surface area contributed by atoms with Crippen molar-refractivity contribution < 1.29 is 4.39 Å². The summed E-state index contributed by atoms with van der Waals surface area (Å²) in [7, 11) is 0. The van der Waals surface area contributed by atoms with Crippen LogP contribution in [0.4, 0.5) is 4.39 Å². The summed E-state index contributed by atoms with van der Waals surface area (Å²) in [5.41, 5.74) is 0.689. The highest BCUT2D eigenvalue weighted by Crippen LogP contribution is 2.31. The van der Waals surface area contributed by atoms with Crippen LogP contribution < -0.4 is 5.32 Å². The molecule has 0 amide bonds. The van der Waals surface area contributed by atoms with E-state index in [2.05, 4.69) is 14.7 Å². The zero-order valence-corrected chi connectivity index (χ0v) is 10.9. The van der Waals surface area contributed by atoms with Gasteiger partial charge in [0, 0.05) is 17.0 Å². The van der Waals surface area contributed by atoms with Crippen molar-refractivity contribution in [3.05, 3.63) is 35.9 Å². The fourth-order valence-corrected chi connectivity index (χ4v) is 2.91. The van der Waals surface area contributed by atoms with Crippen molar-refractivity contribution in [1.29, 1.82) is 0 Å². The van der Waals surface area contributed by atoms with Gasteiger partial charge in [-0.1, -0.05) is 24.8 Å².